The summed E-state index contributed by atoms with van der Waals surface area (Å²) in [6, 6.07) is 2.06. The molecule has 1 unspecified atom stereocenters. The summed E-state index contributed by atoms with van der Waals surface area (Å²) in [6.45, 7) is 2.09. The third kappa shape index (κ3) is 2.90. The molecular weight excluding hydrogens is 334 g/mol. The molecule has 1 aliphatic carbocycles. The molecule has 6 nitrogen and oxygen atoms in total. The molecule has 2 aromatic heterocycles. The zero-order valence-electron chi connectivity index (χ0n) is 11.5. The minimum absolute atomic E-state index is 0.103. The molecule has 0 spiro atoms. The van der Waals surface area contributed by atoms with Gasteiger partial charge in [0.25, 0.3) is 0 Å². The Kier molecular flexibility index (Phi) is 3.64. The molecule has 2 aromatic rings. The monoisotopic (exact) mass is 347 g/mol. The number of aromatic nitrogens is 3. The lowest BCUT2D eigenvalue weighted by molar-refractivity contribution is -0.117. The SMILES string of the molecule is CC(CC(=O)Nc1nn2cc(Br)cnc2c1C#N)C1CC1. The van der Waals surface area contributed by atoms with E-state index in [4.69, 9.17) is 0 Å². The van der Waals surface area contributed by atoms with Crippen LogP contribution in [0.25, 0.3) is 5.65 Å². The van der Waals surface area contributed by atoms with Crippen LogP contribution in [0.2, 0.25) is 0 Å². The summed E-state index contributed by atoms with van der Waals surface area (Å²) in [6.07, 6.45) is 6.18. The first kappa shape index (κ1) is 14.0. The molecule has 1 amide bonds. The Hall–Kier alpha value is -1.94. The van der Waals surface area contributed by atoms with Crippen LogP contribution >= 0.6 is 15.9 Å². The first-order valence-corrected chi connectivity index (χ1v) is 7.61. The zero-order valence-corrected chi connectivity index (χ0v) is 13.1. The summed E-state index contributed by atoms with van der Waals surface area (Å²) >= 11 is 3.30. The van der Waals surface area contributed by atoms with Crippen LogP contribution in [0, 0.1) is 23.2 Å². The van der Waals surface area contributed by atoms with E-state index in [2.05, 4.69) is 44.3 Å². The van der Waals surface area contributed by atoms with Crippen molar-refractivity contribution in [2.75, 3.05) is 5.32 Å². The summed E-state index contributed by atoms with van der Waals surface area (Å²) in [7, 11) is 0. The van der Waals surface area contributed by atoms with Crippen molar-refractivity contribution in [1.29, 1.82) is 5.26 Å². The number of nitrogens with one attached hydrogen (secondary N) is 1. The van der Waals surface area contributed by atoms with Crippen molar-refractivity contribution in [3.63, 3.8) is 0 Å². The normalized spacial score (nSPS) is 15.7. The van der Waals surface area contributed by atoms with Gasteiger partial charge < -0.3 is 5.32 Å². The summed E-state index contributed by atoms with van der Waals surface area (Å²) in [5.74, 6) is 1.22. The van der Waals surface area contributed by atoms with E-state index < -0.39 is 0 Å². The highest BCUT2D eigenvalue weighted by Crippen LogP contribution is 2.38. The lowest BCUT2D eigenvalue weighted by atomic mass is 10.0. The predicted octanol–water partition coefficient (Wildman–Crippen LogP) is 2.74. The molecule has 108 valence electrons. The van der Waals surface area contributed by atoms with Crippen LogP contribution in [0.3, 0.4) is 0 Å². The van der Waals surface area contributed by atoms with Crippen LogP contribution in [0.1, 0.15) is 31.7 Å². The van der Waals surface area contributed by atoms with Crippen molar-refractivity contribution in [2.45, 2.75) is 26.2 Å². The minimum atomic E-state index is -0.103. The van der Waals surface area contributed by atoms with Crippen LogP contribution in [0.15, 0.2) is 16.9 Å². The van der Waals surface area contributed by atoms with Gasteiger partial charge in [-0.25, -0.2) is 9.50 Å². The maximum atomic E-state index is 12.1. The van der Waals surface area contributed by atoms with Crippen LogP contribution in [0.5, 0.6) is 0 Å². The van der Waals surface area contributed by atoms with E-state index in [0.29, 0.717) is 23.9 Å². The van der Waals surface area contributed by atoms with Gasteiger partial charge in [0.2, 0.25) is 5.91 Å². The van der Waals surface area contributed by atoms with Gasteiger partial charge in [0.15, 0.2) is 11.5 Å². The highest BCUT2D eigenvalue weighted by molar-refractivity contribution is 9.10. The summed E-state index contributed by atoms with van der Waals surface area (Å²) in [4.78, 5) is 16.2. The fourth-order valence-electron chi connectivity index (χ4n) is 2.41. The third-order valence-corrected chi connectivity index (χ3v) is 4.15. The van der Waals surface area contributed by atoms with E-state index >= 15 is 0 Å². The second-order valence-corrected chi connectivity index (χ2v) is 6.36. The van der Waals surface area contributed by atoms with E-state index in [1.807, 2.05) is 0 Å². The number of carbonyl (C=O) groups excluding carboxylic acids is 1. The van der Waals surface area contributed by atoms with Gasteiger partial charge in [-0.1, -0.05) is 6.92 Å². The lowest BCUT2D eigenvalue weighted by Crippen LogP contribution is -2.17. The van der Waals surface area contributed by atoms with E-state index in [-0.39, 0.29) is 17.3 Å². The van der Waals surface area contributed by atoms with Gasteiger partial charge in [-0.05, 0) is 40.6 Å². The number of rotatable bonds is 4. The molecule has 0 aromatic carbocycles. The Morgan fingerprint density at radius 3 is 3.10 bits per heavy atom. The number of halogens is 1. The second-order valence-electron chi connectivity index (χ2n) is 5.44. The Labute approximate surface area is 130 Å². The summed E-state index contributed by atoms with van der Waals surface area (Å²) < 4.78 is 2.24. The number of amides is 1. The molecular formula is C14H14BrN5O. The molecule has 0 saturated heterocycles. The van der Waals surface area contributed by atoms with Crippen molar-refractivity contribution in [3.8, 4) is 6.07 Å². The molecule has 1 fully saturated rings. The molecule has 1 aliphatic rings. The third-order valence-electron chi connectivity index (χ3n) is 3.74. The molecule has 1 saturated carbocycles. The number of carbonyl (C=O) groups is 1. The van der Waals surface area contributed by atoms with Gasteiger partial charge in [-0.2, -0.15) is 5.26 Å². The Bertz CT molecular complexity index is 744. The minimum Gasteiger partial charge on any atom is -0.308 e. The quantitative estimate of drug-likeness (QED) is 0.921. The lowest BCUT2D eigenvalue weighted by Gasteiger charge is -2.08. The van der Waals surface area contributed by atoms with Gasteiger partial charge in [0.1, 0.15) is 11.6 Å². The fraction of sp³-hybridized carbons (Fsp3) is 0.429. The molecule has 21 heavy (non-hydrogen) atoms. The molecule has 2 heterocycles. The summed E-state index contributed by atoms with van der Waals surface area (Å²) in [5, 5.41) is 16.2. The van der Waals surface area contributed by atoms with Crippen LogP contribution in [-0.2, 0) is 4.79 Å². The van der Waals surface area contributed by atoms with Gasteiger partial charge in [-0.15, -0.1) is 5.10 Å². The number of hydrogen-bond donors (Lipinski definition) is 1. The molecule has 1 N–H and O–H groups in total. The topological polar surface area (TPSA) is 83.1 Å². The van der Waals surface area contributed by atoms with Gasteiger partial charge in [-0.3, -0.25) is 4.79 Å². The molecule has 0 radical (unpaired) electrons. The molecule has 3 rings (SSSR count). The largest absolute Gasteiger partial charge is 0.308 e. The van der Waals surface area contributed by atoms with Crippen molar-refractivity contribution >= 4 is 33.3 Å². The van der Waals surface area contributed by atoms with Crippen molar-refractivity contribution < 1.29 is 4.79 Å². The second kappa shape index (κ2) is 5.45. The zero-order chi connectivity index (χ0) is 15.0. The summed E-state index contributed by atoms with van der Waals surface area (Å²) in [5.41, 5.74) is 0.723. The Morgan fingerprint density at radius 2 is 2.43 bits per heavy atom. The van der Waals surface area contributed by atoms with Gasteiger partial charge >= 0.3 is 0 Å². The first-order chi connectivity index (χ1) is 10.1. The molecule has 0 bridgehead atoms. The van der Waals surface area contributed by atoms with Crippen LogP contribution < -0.4 is 5.32 Å². The fourth-order valence-corrected chi connectivity index (χ4v) is 2.71. The number of nitrogens with zero attached hydrogens (tertiary/aromatic N) is 4. The Balaban J connectivity index is 1.82. The van der Waals surface area contributed by atoms with Crippen molar-refractivity contribution in [2.24, 2.45) is 11.8 Å². The predicted molar refractivity (Wildman–Crippen MR) is 80.5 cm³/mol. The maximum Gasteiger partial charge on any atom is 0.225 e. The standard InChI is InChI=1S/C14H14BrN5O/c1-8(9-2-3-9)4-12(21)18-13-11(5-16)14-17-6-10(15)7-20(14)19-13/h6-9H,2-4H2,1H3,(H,18,19,21). The van der Waals surface area contributed by atoms with Crippen LogP contribution in [-0.4, -0.2) is 20.5 Å². The van der Waals surface area contributed by atoms with Crippen molar-refractivity contribution in [3.05, 3.63) is 22.4 Å². The average molecular weight is 348 g/mol. The van der Waals surface area contributed by atoms with Crippen LogP contribution in [0.4, 0.5) is 5.82 Å². The molecule has 1 atom stereocenters. The highest BCUT2D eigenvalue weighted by atomic mass is 79.9. The number of nitriles is 1. The highest BCUT2D eigenvalue weighted by Gasteiger charge is 2.29. The molecule has 0 aliphatic heterocycles. The number of hydrogen-bond acceptors (Lipinski definition) is 4. The first-order valence-electron chi connectivity index (χ1n) is 6.82. The molecule has 7 heteroatoms. The van der Waals surface area contributed by atoms with E-state index in [1.165, 1.54) is 17.4 Å². The van der Waals surface area contributed by atoms with E-state index in [0.717, 1.165) is 4.47 Å². The maximum absolute atomic E-state index is 12.1. The van der Waals surface area contributed by atoms with Gasteiger partial charge in [0.05, 0.1) is 4.47 Å². The average Bonchev–Trinajstić information content (AvgIpc) is 3.21. The van der Waals surface area contributed by atoms with Gasteiger partial charge in [0, 0.05) is 18.8 Å². The Morgan fingerprint density at radius 1 is 1.67 bits per heavy atom. The number of anilines is 1. The van der Waals surface area contributed by atoms with E-state index in [9.17, 15) is 10.1 Å². The smallest absolute Gasteiger partial charge is 0.225 e. The van der Waals surface area contributed by atoms with E-state index in [1.54, 1.807) is 12.4 Å². The number of fused-ring (bicyclic) bond motifs is 1. The van der Waals surface area contributed by atoms with Crippen molar-refractivity contribution in [1.82, 2.24) is 14.6 Å².